The van der Waals surface area contributed by atoms with Gasteiger partial charge in [-0.25, -0.2) is 0 Å². The molecule has 3 aromatic rings. The van der Waals surface area contributed by atoms with E-state index < -0.39 is 0 Å². The van der Waals surface area contributed by atoms with Gasteiger partial charge in [0, 0.05) is 6.54 Å². The lowest BCUT2D eigenvalue weighted by Crippen LogP contribution is -2.36. The largest absolute Gasteiger partial charge is 0.484 e. The molecule has 0 spiro atoms. The Hall–Kier alpha value is -3.05. The fourth-order valence-electron chi connectivity index (χ4n) is 2.80. The first-order valence-electron chi connectivity index (χ1n) is 8.88. The molecular weight excluding hydrogens is 340 g/mol. The molecule has 0 aliphatic carbocycles. The molecule has 3 rings (SSSR count). The normalized spacial score (nSPS) is 12.0. The Balaban J connectivity index is 1.49. The molecule has 1 heterocycles. The highest BCUT2D eigenvalue weighted by Crippen LogP contribution is 2.22. The Morgan fingerprint density at radius 3 is 2.33 bits per heavy atom. The molecule has 1 unspecified atom stereocenters. The number of likely N-dealkylation sites (N-methyl/N-ethyl adjacent to an activating group) is 1. The van der Waals surface area contributed by atoms with Gasteiger partial charge in [-0.15, -0.1) is 0 Å². The molecule has 1 atom stereocenters. The molecule has 0 aliphatic heterocycles. The summed E-state index contributed by atoms with van der Waals surface area (Å²) in [5, 5.41) is 2.89. The number of benzene rings is 2. The van der Waals surface area contributed by atoms with E-state index in [1.54, 1.807) is 6.26 Å². The third-order valence-corrected chi connectivity index (χ3v) is 4.32. The number of amides is 1. The summed E-state index contributed by atoms with van der Waals surface area (Å²) in [6.45, 7) is 0.429. The zero-order valence-electron chi connectivity index (χ0n) is 15.6. The van der Waals surface area contributed by atoms with Crippen LogP contribution in [0.2, 0.25) is 0 Å². The molecule has 27 heavy (non-hydrogen) atoms. The number of hydrogen-bond acceptors (Lipinski definition) is 4. The maximum Gasteiger partial charge on any atom is 0.258 e. The third-order valence-electron chi connectivity index (χ3n) is 4.32. The molecule has 140 valence electrons. The summed E-state index contributed by atoms with van der Waals surface area (Å²) in [7, 11) is 3.90. The lowest BCUT2D eigenvalue weighted by atomic mass is 10.1. The van der Waals surface area contributed by atoms with Gasteiger partial charge >= 0.3 is 0 Å². The van der Waals surface area contributed by atoms with Gasteiger partial charge in [-0.3, -0.25) is 9.69 Å². The van der Waals surface area contributed by atoms with Crippen molar-refractivity contribution < 1.29 is 13.9 Å². The summed E-state index contributed by atoms with van der Waals surface area (Å²) < 4.78 is 11.0. The van der Waals surface area contributed by atoms with Crippen molar-refractivity contribution in [2.75, 3.05) is 27.2 Å². The van der Waals surface area contributed by atoms with E-state index >= 15 is 0 Å². The van der Waals surface area contributed by atoms with E-state index in [1.165, 1.54) is 0 Å². The van der Waals surface area contributed by atoms with E-state index in [4.69, 9.17) is 9.15 Å². The van der Waals surface area contributed by atoms with Crippen molar-refractivity contribution in [1.82, 2.24) is 10.2 Å². The topological polar surface area (TPSA) is 54.7 Å². The molecule has 5 heteroatoms. The minimum absolute atomic E-state index is 0.0193. The first kappa shape index (κ1) is 18.7. The van der Waals surface area contributed by atoms with Gasteiger partial charge in [-0.2, -0.15) is 0 Å². The van der Waals surface area contributed by atoms with Crippen molar-refractivity contribution in [3.8, 4) is 16.9 Å². The monoisotopic (exact) mass is 364 g/mol. The molecule has 0 bridgehead atoms. The summed E-state index contributed by atoms with van der Waals surface area (Å²) in [4.78, 5) is 14.1. The number of ether oxygens (including phenoxy) is 1. The molecule has 1 amide bonds. The predicted octanol–water partition coefficient (Wildman–Crippen LogP) is 3.74. The number of hydrogen-bond donors (Lipinski definition) is 1. The van der Waals surface area contributed by atoms with E-state index in [1.807, 2.05) is 73.6 Å². The Labute approximate surface area is 159 Å². The molecular formula is C22H24N2O3. The van der Waals surface area contributed by atoms with Gasteiger partial charge in [0.25, 0.3) is 5.91 Å². The average Bonchev–Trinajstić information content (AvgIpc) is 3.22. The van der Waals surface area contributed by atoms with Crippen molar-refractivity contribution in [2.24, 2.45) is 0 Å². The first-order chi connectivity index (χ1) is 13.1. The Morgan fingerprint density at radius 1 is 1.00 bits per heavy atom. The highest BCUT2D eigenvalue weighted by Gasteiger charge is 2.17. The molecule has 0 saturated heterocycles. The van der Waals surface area contributed by atoms with Gasteiger partial charge in [-0.05, 0) is 49.5 Å². The van der Waals surface area contributed by atoms with Crippen LogP contribution in [-0.2, 0) is 4.79 Å². The Morgan fingerprint density at radius 2 is 1.70 bits per heavy atom. The summed E-state index contributed by atoms with van der Waals surface area (Å²) in [6, 6.07) is 21.6. The van der Waals surface area contributed by atoms with Gasteiger partial charge < -0.3 is 14.5 Å². The van der Waals surface area contributed by atoms with E-state index in [0.29, 0.717) is 12.3 Å². The number of rotatable bonds is 8. The smallest absolute Gasteiger partial charge is 0.258 e. The van der Waals surface area contributed by atoms with E-state index in [-0.39, 0.29) is 18.6 Å². The standard InChI is InChI=1S/C22H24N2O3/c1-24(2)20(21-9-6-14-26-21)15-23-22(25)16-27-19-12-10-18(11-13-19)17-7-4-3-5-8-17/h3-14,20H,15-16H2,1-2H3,(H,23,25). The zero-order chi connectivity index (χ0) is 19.1. The summed E-state index contributed by atoms with van der Waals surface area (Å²) in [5.41, 5.74) is 2.26. The number of furan rings is 1. The maximum atomic E-state index is 12.1. The van der Waals surface area contributed by atoms with Gasteiger partial charge in [0.05, 0.1) is 12.3 Å². The van der Waals surface area contributed by atoms with Gasteiger partial charge in [-0.1, -0.05) is 42.5 Å². The van der Waals surface area contributed by atoms with Crippen LogP contribution in [0.3, 0.4) is 0 Å². The molecule has 1 N–H and O–H groups in total. The van der Waals surface area contributed by atoms with Crippen LogP contribution in [0, 0.1) is 0 Å². The second kappa shape index (κ2) is 9.05. The van der Waals surface area contributed by atoms with Crippen LogP contribution in [-0.4, -0.2) is 38.1 Å². The van der Waals surface area contributed by atoms with E-state index in [0.717, 1.165) is 16.9 Å². The highest BCUT2D eigenvalue weighted by atomic mass is 16.5. The third kappa shape index (κ3) is 5.21. The number of nitrogens with one attached hydrogen (secondary N) is 1. The minimum atomic E-state index is -0.166. The van der Waals surface area contributed by atoms with Crippen LogP contribution in [0.25, 0.3) is 11.1 Å². The van der Waals surface area contributed by atoms with E-state index in [9.17, 15) is 4.79 Å². The van der Waals surface area contributed by atoms with Crippen molar-refractivity contribution in [2.45, 2.75) is 6.04 Å². The average molecular weight is 364 g/mol. The minimum Gasteiger partial charge on any atom is -0.484 e. The van der Waals surface area contributed by atoms with Crippen LogP contribution in [0.15, 0.2) is 77.4 Å². The highest BCUT2D eigenvalue weighted by molar-refractivity contribution is 5.77. The van der Waals surface area contributed by atoms with Crippen LogP contribution in [0.4, 0.5) is 0 Å². The maximum absolute atomic E-state index is 12.1. The Kier molecular flexibility index (Phi) is 6.28. The molecule has 5 nitrogen and oxygen atoms in total. The first-order valence-corrected chi connectivity index (χ1v) is 8.88. The Bertz CT molecular complexity index is 828. The van der Waals surface area contributed by atoms with Crippen LogP contribution in [0.1, 0.15) is 11.8 Å². The fraction of sp³-hybridized carbons (Fsp3) is 0.227. The molecule has 2 aromatic carbocycles. The zero-order valence-corrected chi connectivity index (χ0v) is 15.6. The summed E-state index contributed by atoms with van der Waals surface area (Å²) in [5.74, 6) is 1.32. The van der Waals surface area contributed by atoms with Crippen LogP contribution < -0.4 is 10.1 Å². The molecule has 1 aromatic heterocycles. The van der Waals surface area contributed by atoms with Crippen molar-refractivity contribution in [3.05, 3.63) is 78.8 Å². The fourth-order valence-corrected chi connectivity index (χ4v) is 2.80. The SMILES string of the molecule is CN(C)C(CNC(=O)COc1ccc(-c2ccccc2)cc1)c1ccco1. The molecule has 0 saturated carbocycles. The van der Waals surface area contributed by atoms with Crippen molar-refractivity contribution in [1.29, 1.82) is 0 Å². The second-order valence-corrected chi connectivity index (χ2v) is 6.48. The van der Waals surface area contributed by atoms with Crippen molar-refractivity contribution in [3.63, 3.8) is 0 Å². The van der Waals surface area contributed by atoms with Gasteiger partial charge in [0.2, 0.25) is 0 Å². The summed E-state index contributed by atoms with van der Waals surface area (Å²) in [6.07, 6.45) is 1.63. The number of nitrogens with zero attached hydrogens (tertiary/aromatic N) is 1. The molecule has 0 radical (unpaired) electrons. The molecule has 0 fully saturated rings. The molecule has 0 aliphatic rings. The number of carbonyl (C=O) groups excluding carboxylic acids is 1. The lowest BCUT2D eigenvalue weighted by molar-refractivity contribution is -0.123. The van der Waals surface area contributed by atoms with Gasteiger partial charge in [0.1, 0.15) is 11.5 Å². The van der Waals surface area contributed by atoms with E-state index in [2.05, 4.69) is 17.4 Å². The second-order valence-electron chi connectivity index (χ2n) is 6.48. The lowest BCUT2D eigenvalue weighted by Gasteiger charge is -2.22. The van der Waals surface area contributed by atoms with Gasteiger partial charge in [0.15, 0.2) is 6.61 Å². The van der Waals surface area contributed by atoms with Crippen LogP contribution in [0.5, 0.6) is 5.75 Å². The van der Waals surface area contributed by atoms with Crippen LogP contribution >= 0.6 is 0 Å². The predicted molar refractivity (Wildman–Crippen MR) is 106 cm³/mol. The quantitative estimate of drug-likeness (QED) is 0.661. The van der Waals surface area contributed by atoms with Crippen molar-refractivity contribution >= 4 is 5.91 Å². The summed E-state index contributed by atoms with van der Waals surface area (Å²) >= 11 is 0. The number of carbonyl (C=O) groups is 1.